The highest BCUT2D eigenvalue weighted by Gasteiger charge is 2.24. The number of halogens is 3. The average molecular weight is 338 g/mol. The molecule has 1 fully saturated rings. The van der Waals surface area contributed by atoms with Crippen LogP contribution in [0.25, 0.3) is 0 Å². The highest BCUT2D eigenvalue weighted by molar-refractivity contribution is 9.10. The molecular weight excluding hydrogens is 319 g/mol. The van der Waals surface area contributed by atoms with E-state index >= 15 is 0 Å². The van der Waals surface area contributed by atoms with Gasteiger partial charge in [0.1, 0.15) is 5.82 Å². The zero-order valence-electron chi connectivity index (χ0n) is 10.4. The Balaban J connectivity index is 0.00000162. The third-order valence-electron chi connectivity index (χ3n) is 3.50. The lowest BCUT2D eigenvalue weighted by Crippen LogP contribution is -2.45. The third-order valence-corrected chi connectivity index (χ3v) is 4.24. The Hall–Kier alpha value is -0.160. The molecular formula is C13H19BrClFN2. The Morgan fingerprint density at radius 1 is 1.50 bits per heavy atom. The molecule has 1 aliphatic rings. The highest BCUT2D eigenvalue weighted by atomic mass is 79.9. The minimum atomic E-state index is -0.137. The van der Waals surface area contributed by atoms with Crippen LogP contribution in [0.5, 0.6) is 0 Å². The van der Waals surface area contributed by atoms with Crippen LogP contribution >= 0.6 is 28.3 Å². The van der Waals surface area contributed by atoms with Gasteiger partial charge in [-0.1, -0.05) is 28.9 Å². The van der Waals surface area contributed by atoms with Crippen molar-refractivity contribution in [1.82, 2.24) is 4.90 Å². The van der Waals surface area contributed by atoms with Crippen molar-refractivity contribution in [3.63, 3.8) is 0 Å². The molecule has 2 unspecified atom stereocenters. The summed E-state index contributed by atoms with van der Waals surface area (Å²) in [6.07, 6.45) is 0.993. The summed E-state index contributed by atoms with van der Waals surface area (Å²) in [5, 5.41) is 0. The molecule has 2 nitrogen and oxygen atoms in total. The summed E-state index contributed by atoms with van der Waals surface area (Å²) in [6, 6.07) is 5.41. The van der Waals surface area contributed by atoms with E-state index < -0.39 is 0 Å². The molecule has 5 heteroatoms. The van der Waals surface area contributed by atoms with Crippen molar-refractivity contribution in [3.8, 4) is 0 Å². The summed E-state index contributed by atoms with van der Waals surface area (Å²) in [5.41, 5.74) is 6.73. The van der Waals surface area contributed by atoms with E-state index in [2.05, 4.69) is 27.8 Å². The van der Waals surface area contributed by atoms with Gasteiger partial charge < -0.3 is 5.73 Å². The molecule has 0 saturated carbocycles. The number of piperidine rings is 1. The van der Waals surface area contributed by atoms with Crippen LogP contribution in [0.1, 0.15) is 18.9 Å². The van der Waals surface area contributed by atoms with Crippen LogP contribution in [0, 0.1) is 11.7 Å². The van der Waals surface area contributed by atoms with Crippen molar-refractivity contribution in [2.45, 2.75) is 25.9 Å². The summed E-state index contributed by atoms with van der Waals surface area (Å²) in [4.78, 5) is 2.28. The molecule has 1 aromatic carbocycles. The molecule has 1 aromatic rings. The summed E-state index contributed by atoms with van der Waals surface area (Å²) < 4.78 is 14.5. The number of nitrogens with two attached hydrogens (primary N) is 1. The lowest BCUT2D eigenvalue weighted by Gasteiger charge is -2.35. The van der Waals surface area contributed by atoms with E-state index in [0.29, 0.717) is 12.5 Å². The first-order valence-corrected chi connectivity index (χ1v) is 6.78. The van der Waals surface area contributed by atoms with Gasteiger partial charge in [-0.05, 0) is 31.0 Å². The Morgan fingerprint density at radius 2 is 2.22 bits per heavy atom. The summed E-state index contributed by atoms with van der Waals surface area (Å²) in [6.45, 7) is 4.71. The molecule has 1 heterocycles. The second-order valence-electron chi connectivity index (χ2n) is 4.87. The van der Waals surface area contributed by atoms with Gasteiger partial charge in [-0.3, -0.25) is 4.90 Å². The maximum Gasteiger partial charge on any atom is 0.128 e. The zero-order valence-corrected chi connectivity index (χ0v) is 12.8. The van der Waals surface area contributed by atoms with E-state index in [-0.39, 0.29) is 24.3 Å². The molecule has 2 rings (SSSR count). The second kappa shape index (κ2) is 6.85. The molecule has 1 aliphatic heterocycles. The standard InChI is InChI=1S/C13H18BrFN2.ClH/c1-9-7-17(6-5-13(9)16)8-10-11(14)3-2-4-12(10)15;/h2-4,9,13H,5-8,16H2,1H3;1H. The van der Waals surface area contributed by atoms with E-state index in [9.17, 15) is 4.39 Å². The third kappa shape index (κ3) is 3.67. The predicted octanol–water partition coefficient (Wildman–Crippen LogP) is 3.18. The molecule has 1 saturated heterocycles. The highest BCUT2D eigenvalue weighted by Crippen LogP contribution is 2.24. The van der Waals surface area contributed by atoms with E-state index in [1.54, 1.807) is 6.07 Å². The van der Waals surface area contributed by atoms with Crippen molar-refractivity contribution in [3.05, 3.63) is 34.1 Å². The van der Waals surface area contributed by atoms with Crippen molar-refractivity contribution < 1.29 is 4.39 Å². The zero-order chi connectivity index (χ0) is 12.4. The molecule has 0 aromatic heterocycles. The molecule has 0 amide bonds. The Labute approximate surface area is 122 Å². The van der Waals surface area contributed by atoms with E-state index in [0.717, 1.165) is 29.5 Å². The number of rotatable bonds is 2. The lowest BCUT2D eigenvalue weighted by atomic mass is 9.94. The minimum absolute atomic E-state index is 0. The molecule has 2 atom stereocenters. The lowest BCUT2D eigenvalue weighted by molar-refractivity contribution is 0.156. The first kappa shape index (κ1) is 15.9. The minimum Gasteiger partial charge on any atom is -0.327 e. The van der Waals surface area contributed by atoms with Crippen molar-refractivity contribution >= 4 is 28.3 Å². The van der Waals surface area contributed by atoms with Gasteiger partial charge in [0.25, 0.3) is 0 Å². The largest absolute Gasteiger partial charge is 0.327 e. The van der Waals surface area contributed by atoms with Gasteiger partial charge >= 0.3 is 0 Å². The van der Waals surface area contributed by atoms with Crippen LogP contribution in [-0.4, -0.2) is 24.0 Å². The van der Waals surface area contributed by atoms with Crippen molar-refractivity contribution in [2.75, 3.05) is 13.1 Å². The average Bonchev–Trinajstić information content (AvgIpc) is 2.28. The molecule has 102 valence electrons. The van der Waals surface area contributed by atoms with Crippen LogP contribution in [0.15, 0.2) is 22.7 Å². The fourth-order valence-corrected chi connectivity index (χ4v) is 2.77. The Bertz CT molecular complexity index is 382. The smallest absolute Gasteiger partial charge is 0.128 e. The first-order valence-electron chi connectivity index (χ1n) is 5.98. The molecule has 18 heavy (non-hydrogen) atoms. The second-order valence-corrected chi connectivity index (χ2v) is 5.72. The van der Waals surface area contributed by atoms with E-state index in [1.165, 1.54) is 6.07 Å². The fraction of sp³-hybridized carbons (Fsp3) is 0.538. The molecule has 0 bridgehead atoms. The summed E-state index contributed by atoms with van der Waals surface area (Å²) in [7, 11) is 0. The first-order chi connectivity index (χ1) is 8.08. The SMILES string of the molecule is CC1CN(Cc2c(F)cccc2Br)CCC1N.Cl. The van der Waals surface area contributed by atoms with E-state index in [4.69, 9.17) is 5.73 Å². The van der Waals surface area contributed by atoms with Gasteiger partial charge in [0.15, 0.2) is 0 Å². The normalized spacial score (nSPS) is 24.7. The molecule has 2 N–H and O–H groups in total. The van der Waals surface area contributed by atoms with Gasteiger partial charge in [-0.15, -0.1) is 12.4 Å². The molecule has 0 radical (unpaired) electrons. The number of hydrogen-bond donors (Lipinski definition) is 1. The number of hydrogen-bond acceptors (Lipinski definition) is 2. The van der Waals surface area contributed by atoms with Crippen LogP contribution in [0.4, 0.5) is 4.39 Å². The monoisotopic (exact) mass is 336 g/mol. The summed E-state index contributed by atoms with van der Waals surface area (Å²) >= 11 is 3.41. The van der Waals surface area contributed by atoms with Gasteiger partial charge in [0.2, 0.25) is 0 Å². The van der Waals surface area contributed by atoms with E-state index in [1.807, 2.05) is 6.07 Å². The van der Waals surface area contributed by atoms with Gasteiger partial charge in [0.05, 0.1) is 0 Å². The van der Waals surface area contributed by atoms with Crippen LogP contribution < -0.4 is 5.73 Å². The van der Waals surface area contributed by atoms with Gasteiger partial charge in [-0.25, -0.2) is 4.39 Å². The van der Waals surface area contributed by atoms with Crippen LogP contribution in [0.2, 0.25) is 0 Å². The van der Waals surface area contributed by atoms with Crippen molar-refractivity contribution in [1.29, 1.82) is 0 Å². The number of nitrogens with zero attached hydrogens (tertiary/aromatic N) is 1. The molecule has 0 spiro atoms. The van der Waals surface area contributed by atoms with Crippen LogP contribution in [0.3, 0.4) is 0 Å². The Kier molecular flexibility index (Phi) is 6.05. The fourth-order valence-electron chi connectivity index (χ4n) is 2.30. The van der Waals surface area contributed by atoms with Gasteiger partial charge in [-0.2, -0.15) is 0 Å². The predicted molar refractivity (Wildman–Crippen MR) is 78.4 cm³/mol. The number of likely N-dealkylation sites (tertiary alicyclic amines) is 1. The topological polar surface area (TPSA) is 29.3 Å². The Morgan fingerprint density at radius 3 is 2.83 bits per heavy atom. The van der Waals surface area contributed by atoms with Crippen molar-refractivity contribution in [2.24, 2.45) is 11.7 Å². The van der Waals surface area contributed by atoms with Gasteiger partial charge in [0, 0.05) is 29.2 Å². The quantitative estimate of drug-likeness (QED) is 0.898. The van der Waals surface area contributed by atoms with Crippen LogP contribution in [-0.2, 0) is 6.54 Å². The molecule has 0 aliphatic carbocycles. The number of benzene rings is 1. The maximum atomic E-state index is 13.7. The summed E-state index contributed by atoms with van der Waals surface area (Å²) in [5.74, 6) is 0.344. The maximum absolute atomic E-state index is 13.7.